The molecule has 0 spiro atoms. The van der Waals surface area contributed by atoms with Gasteiger partial charge >= 0.3 is 0 Å². The maximum atomic E-state index is 6.41. The molecule has 0 saturated heterocycles. The molecule has 2 aromatic carbocycles. The van der Waals surface area contributed by atoms with Crippen LogP contribution in [0.2, 0.25) is 5.02 Å². The zero-order valence-electron chi connectivity index (χ0n) is 10.8. The molecule has 3 rings (SSSR count). The largest absolute Gasteiger partial charge is 0.295 e. The highest BCUT2D eigenvalue weighted by molar-refractivity contribution is 14.1. The van der Waals surface area contributed by atoms with Crippen LogP contribution < -0.4 is 0 Å². The third-order valence-electron chi connectivity index (χ3n) is 3.15. The molecule has 0 aliphatic heterocycles. The fourth-order valence-corrected chi connectivity index (χ4v) is 3.69. The summed E-state index contributed by atoms with van der Waals surface area (Å²) in [7, 11) is 0. The molecule has 6 heteroatoms. The van der Waals surface area contributed by atoms with Crippen LogP contribution in [0, 0.1) is 3.57 Å². The van der Waals surface area contributed by atoms with Crippen LogP contribution in [0.25, 0.3) is 16.7 Å². The van der Waals surface area contributed by atoms with Crippen LogP contribution in [-0.4, -0.2) is 15.4 Å². The Morgan fingerprint density at radius 1 is 1.19 bits per heavy atom. The zero-order chi connectivity index (χ0) is 15.0. The molecular weight excluding hydrogens is 486 g/mol. The highest BCUT2D eigenvalue weighted by atomic mass is 127. The van der Waals surface area contributed by atoms with E-state index in [1.165, 1.54) is 0 Å². The molecular formula is C15H10BrCl2IN2. The lowest BCUT2D eigenvalue weighted by Crippen LogP contribution is -2.02. The maximum Gasteiger partial charge on any atom is 0.115 e. The summed E-state index contributed by atoms with van der Waals surface area (Å²) >= 11 is 18.1. The monoisotopic (exact) mass is 494 g/mol. The molecule has 0 unspecified atom stereocenters. The molecule has 0 aliphatic carbocycles. The number of halogens is 4. The Kier molecular flexibility index (Phi) is 4.78. The zero-order valence-corrected chi connectivity index (χ0v) is 16.0. The maximum absolute atomic E-state index is 6.41. The molecule has 108 valence electrons. The second kappa shape index (κ2) is 6.44. The molecule has 0 N–H and O–H groups in total. The highest BCUT2D eigenvalue weighted by Crippen LogP contribution is 2.30. The van der Waals surface area contributed by atoms with Gasteiger partial charge in [-0.2, -0.15) is 0 Å². The van der Waals surface area contributed by atoms with Gasteiger partial charge in [0.2, 0.25) is 0 Å². The second-order valence-corrected chi connectivity index (χ2v) is 7.48. The molecule has 0 aliphatic rings. The summed E-state index contributed by atoms with van der Waals surface area (Å²) < 4.78 is 4.20. The van der Waals surface area contributed by atoms with Crippen molar-refractivity contribution in [2.45, 2.75) is 6.42 Å². The molecule has 21 heavy (non-hydrogen) atoms. The molecule has 0 atom stereocenters. The number of aryl methyl sites for hydroxylation is 1. The first kappa shape index (κ1) is 15.6. The quantitative estimate of drug-likeness (QED) is 0.330. The summed E-state index contributed by atoms with van der Waals surface area (Å²) in [5, 5.41) is 0.679. The summed E-state index contributed by atoms with van der Waals surface area (Å²) in [4.78, 5) is 4.71. The third-order valence-corrected chi connectivity index (χ3v) is 4.81. The van der Waals surface area contributed by atoms with Gasteiger partial charge in [-0.25, -0.2) is 4.98 Å². The lowest BCUT2D eigenvalue weighted by atomic mass is 10.2. The van der Waals surface area contributed by atoms with E-state index < -0.39 is 0 Å². The van der Waals surface area contributed by atoms with Crippen LogP contribution in [-0.2, 0) is 6.42 Å². The first-order valence-electron chi connectivity index (χ1n) is 6.28. The third kappa shape index (κ3) is 3.09. The average molecular weight is 496 g/mol. The predicted molar refractivity (Wildman–Crippen MR) is 101 cm³/mol. The van der Waals surface area contributed by atoms with Crippen molar-refractivity contribution in [3.05, 3.63) is 55.3 Å². The van der Waals surface area contributed by atoms with Gasteiger partial charge in [0.1, 0.15) is 5.82 Å². The van der Waals surface area contributed by atoms with E-state index in [0.717, 1.165) is 30.6 Å². The summed E-state index contributed by atoms with van der Waals surface area (Å²) in [6, 6.07) is 12.1. The molecule has 0 bridgehead atoms. The van der Waals surface area contributed by atoms with Crippen molar-refractivity contribution in [2.75, 3.05) is 5.88 Å². The van der Waals surface area contributed by atoms with Crippen LogP contribution in [0.1, 0.15) is 5.82 Å². The Morgan fingerprint density at radius 2 is 2.00 bits per heavy atom. The van der Waals surface area contributed by atoms with Gasteiger partial charge < -0.3 is 0 Å². The minimum atomic E-state index is 0.522. The Hall–Kier alpha value is -0.300. The van der Waals surface area contributed by atoms with E-state index >= 15 is 0 Å². The van der Waals surface area contributed by atoms with Crippen molar-refractivity contribution >= 4 is 72.8 Å². The Balaban J connectivity index is 2.30. The van der Waals surface area contributed by atoms with E-state index in [0.29, 0.717) is 17.3 Å². The number of hydrogen-bond acceptors (Lipinski definition) is 1. The van der Waals surface area contributed by atoms with Crippen molar-refractivity contribution in [1.82, 2.24) is 9.55 Å². The smallest absolute Gasteiger partial charge is 0.115 e. The lowest BCUT2D eigenvalue weighted by Gasteiger charge is -2.11. The highest BCUT2D eigenvalue weighted by Gasteiger charge is 2.14. The number of alkyl halides is 1. The summed E-state index contributed by atoms with van der Waals surface area (Å²) in [5.74, 6) is 1.44. The minimum absolute atomic E-state index is 0.522. The van der Waals surface area contributed by atoms with Crippen molar-refractivity contribution in [3.8, 4) is 5.69 Å². The predicted octanol–water partition coefficient (Wildman–Crippen LogP) is 5.83. The standard InChI is InChI=1S/C15H10BrCl2IN2/c16-9-1-3-13(11(18)7-9)21-14-4-2-10(19)8-12(14)20-15(21)5-6-17/h1-4,7-8H,5-6H2. The fourth-order valence-electron chi connectivity index (χ4n) is 2.29. The fraction of sp³-hybridized carbons (Fsp3) is 0.133. The number of imidazole rings is 1. The van der Waals surface area contributed by atoms with Gasteiger partial charge in [0.15, 0.2) is 0 Å². The average Bonchev–Trinajstić information content (AvgIpc) is 2.76. The first-order chi connectivity index (χ1) is 10.1. The van der Waals surface area contributed by atoms with Gasteiger partial charge in [0.25, 0.3) is 0 Å². The molecule has 1 heterocycles. The normalized spacial score (nSPS) is 11.2. The molecule has 0 radical (unpaired) electrons. The molecule has 0 fully saturated rings. The Bertz CT molecular complexity index is 817. The second-order valence-electron chi connectivity index (χ2n) is 4.53. The summed E-state index contributed by atoms with van der Waals surface area (Å²) in [6.07, 6.45) is 0.694. The number of nitrogens with zero attached hydrogens (tertiary/aromatic N) is 2. The summed E-state index contributed by atoms with van der Waals surface area (Å²) in [6.45, 7) is 0. The molecule has 2 nitrogen and oxygen atoms in total. The molecule has 0 amide bonds. The lowest BCUT2D eigenvalue weighted by molar-refractivity contribution is 0.912. The van der Waals surface area contributed by atoms with Crippen LogP contribution in [0.3, 0.4) is 0 Å². The van der Waals surface area contributed by atoms with Crippen molar-refractivity contribution in [2.24, 2.45) is 0 Å². The van der Waals surface area contributed by atoms with E-state index in [1.54, 1.807) is 0 Å². The Labute approximate surface area is 154 Å². The summed E-state index contributed by atoms with van der Waals surface area (Å²) in [5.41, 5.74) is 2.92. The Morgan fingerprint density at radius 3 is 2.71 bits per heavy atom. The van der Waals surface area contributed by atoms with Crippen LogP contribution in [0.5, 0.6) is 0 Å². The van der Waals surface area contributed by atoms with E-state index in [2.05, 4.69) is 61.3 Å². The van der Waals surface area contributed by atoms with Gasteiger partial charge in [-0.15, -0.1) is 11.6 Å². The number of benzene rings is 2. The number of fused-ring (bicyclic) bond motifs is 1. The molecule has 0 saturated carbocycles. The van der Waals surface area contributed by atoms with E-state index in [9.17, 15) is 0 Å². The van der Waals surface area contributed by atoms with Crippen LogP contribution in [0.4, 0.5) is 0 Å². The van der Waals surface area contributed by atoms with Gasteiger partial charge in [-0.05, 0) is 59.0 Å². The minimum Gasteiger partial charge on any atom is -0.295 e. The van der Waals surface area contributed by atoms with Crippen molar-refractivity contribution in [3.63, 3.8) is 0 Å². The number of rotatable bonds is 3. The SMILES string of the molecule is ClCCc1nc2cc(I)ccc2n1-c1ccc(Br)cc1Cl. The van der Waals surface area contributed by atoms with Gasteiger partial charge in [0.05, 0.1) is 21.7 Å². The van der Waals surface area contributed by atoms with Gasteiger partial charge in [0, 0.05) is 20.3 Å². The van der Waals surface area contributed by atoms with E-state index in [4.69, 9.17) is 28.2 Å². The van der Waals surface area contributed by atoms with Crippen molar-refractivity contribution < 1.29 is 0 Å². The van der Waals surface area contributed by atoms with E-state index in [1.807, 2.05) is 18.2 Å². The van der Waals surface area contributed by atoms with Crippen LogP contribution >= 0.6 is 61.7 Å². The number of aromatic nitrogens is 2. The van der Waals surface area contributed by atoms with Gasteiger partial charge in [-0.1, -0.05) is 27.5 Å². The van der Waals surface area contributed by atoms with E-state index in [-0.39, 0.29) is 0 Å². The van der Waals surface area contributed by atoms with Gasteiger partial charge in [-0.3, -0.25) is 4.57 Å². The molecule has 3 aromatic rings. The first-order valence-corrected chi connectivity index (χ1v) is 9.07. The van der Waals surface area contributed by atoms with Crippen LogP contribution in [0.15, 0.2) is 40.9 Å². The number of hydrogen-bond donors (Lipinski definition) is 0. The van der Waals surface area contributed by atoms with Crippen molar-refractivity contribution in [1.29, 1.82) is 0 Å². The topological polar surface area (TPSA) is 17.8 Å². The molecule has 1 aromatic heterocycles.